The first kappa shape index (κ1) is 15.4. The number of halogens is 1. The second kappa shape index (κ2) is 6.07. The Morgan fingerprint density at radius 2 is 2.04 bits per heavy atom. The van der Waals surface area contributed by atoms with Crippen molar-refractivity contribution in [2.45, 2.75) is 6.92 Å². The zero-order chi connectivity index (χ0) is 17.4. The summed E-state index contributed by atoms with van der Waals surface area (Å²) in [7, 11) is 0. The van der Waals surface area contributed by atoms with Crippen molar-refractivity contribution >= 4 is 34.2 Å². The normalized spacial score (nSPS) is 11.0. The van der Waals surface area contributed by atoms with E-state index < -0.39 is 0 Å². The average Bonchev–Trinajstić information content (AvgIpc) is 3.25. The Balaban J connectivity index is 1.73. The molecule has 2 aromatic heterocycles. The highest BCUT2D eigenvalue weighted by Gasteiger charge is 2.20. The van der Waals surface area contributed by atoms with Crippen LogP contribution in [0.4, 0.5) is 5.69 Å². The molecule has 124 valence electrons. The minimum absolute atomic E-state index is 0.233. The van der Waals surface area contributed by atoms with E-state index in [1.54, 1.807) is 23.1 Å². The van der Waals surface area contributed by atoms with Gasteiger partial charge in [-0.3, -0.25) is 4.79 Å². The molecule has 2 heterocycles. The maximum atomic E-state index is 12.7. The van der Waals surface area contributed by atoms with Gasteiger partial charge in [0.1, 0.15) is 12.7 Å². The molecule has 4 rings (SSSR count). The highest BCUT2D eigenvalue weighted by Crippen LogP contribution is 2.31. The number of fused-ring (bicyclic) bond motifs is 1. The fourth-order valence-corrected chi connectivity index (χ4v) is 2.93. The highest BCUT2D eigenvalue weighted by atomic mass is 35.5. The smallest absolute Gasteiger partial charge is 0.291 e. The second-order valence-electron chi connectivity index (χ2n) is 5.48. The summed E-state index contributed by atoms with van der Waals surface area (Å²) < 4.78 is 7.30. The zero-order valence-electron chi connectivity index (χ0n) is 13.2. The molecule has 0 unspecified atom stereocenters. The predicted octanol–water partition coefficient (Wildman–Crippen LogP) is 4.23. The molecule has 0 fully saturated rings. The lowest BCUT2D eigenvalue weighted by molar-refractivity contribution is 0.0998. The van der Waals surface area contributed by atoms with Crippen molar-refractivity contribution in [1.29, 1.82) is 0 Å². The van der Waals surface area contributed by atoms with E-state index in [2.05, 4.69) is 15.4 Å². The molecular formula is C18H13ClN4O2. The quantitative estimate of drug-likeness (QED) is 0.599. The SMILES string of the molecule is Cc1c(C(=O)Nc2ccccc2-n2cncn2)oc2c(Cl)cccc12. The van der Waals surface area contributed by atoms with Crippen LogP contribution in [-0.4, -0.2) is 20.7 Å². The van der Waals surface area contributed by atoms with E-state index in [9.17, 15) is 4.79 Å². The molecule has 0 aliphatic rings. The Labute approximate surface area is 148 Å². The third-order valence-electron chi connectivity index (χ3n) is 3.94. The lowest BCUT2D eigenvalue weighted by Gasteiger charge is -2.09. The number of anilines is 1. The number of carbonyl (C=O) groups is 1. The van der Waals surface area contributed by atoms with Crippen LogP contribution in [0, 0.1) is 6.92 Å². The van der Waals surface area contributed by atoms with Crippen LogP contribution in [0.5, 0.6) is 0 Å². The van der Waals surface area contributed by atoms with E-state index in [1.165, 1.54) is 6.33 Å². The number of para-hydroxylation sites is 3. The van der Waals surface area contributed by atoms with E-state index in [-0.39, 0.29) is 11.7 Å². The van der Waals surface area contributed by atoms with Gasteiger partial charge < -0.3 is 9.73 Å². The number of hydrogen-bond acceptors (Lipinski definition) is 4. The van der Waals surface area contributed by atoms with Crippen LogP contribution in [0.25, 0.3) is 16.7 Å². The van der Waals surface area contributed by atoms with E-state index >= 15 is 0 Å². The molecule has 0 saturated heterocycles. The largest absolute Gasteiger partial charge is 0.449 e. The van der Waals surface area contributed by atoms with Crippen molar-refractivity contribution in [3.8, 4) is 5.69 Å². The Hall–Kier alpha value is -3.12. The summed E-state index contributed by atoms with van der Waals surface area (Å²) in [6, 6.07) is 12.8. The van der Waals surface area contributed by atoms with Gasteiger partial charge in [-0.05, 0) is 25.1 Å². The van der Waals surface area contributed by atoms with Gasteiger partial charge in [-0.15, -0.1) is 0 Å². The molecule has 0 spiro atoms. The van der Waals surface area contributed by atoms with Crippen LogP contribution in [0.3, 0.4) is 0 Å². The van der Waals surface area contributed by atoms with Crippen LogP contribution in [0.2, 0.25) is 5.02 Å². The molecule has 7 heteroatoms. The molecule has 1 amide bonds. The van der Waals surface area contributed by atoms with Crippen molar-refractivity contribution in [3.05, 3.63) is 71.5 Å². The monoisotopic (exact) mass is 352 g/mol. The first-order chi connectivity index (χ1) is 12.1. The Bertz CT molecular complexity index is 1070. The number of amides is 1. The highest BCUT2D eigenvalue weighted by molar-refractivity contribution is 6.35. The fourth-order valence-electron chi connectivity index (χ4n) is 2.72. The van der Waals surface area contributed by atoms with Gasteiger partial charge in [-0.25, -0.2) is 9.67 Å². The number of aryl methyl sites for hydroxylation is 1. The summed E-state index contributed by atoms with van der Waals surface area (Å²) in [6.45, 7) is 1.83. The van der Waals surface area contributed by atoms with Gasteiger partial charge in [0.25, 0.3) is 5.91 Å². The number of nitrogens with zero attached hydrogens (tertiary/aromatic N) is 3. The van der Waals surface area contributed by atoms with Crippen LogP contribution >= 0.6 is 11.6 Å². The number of rotatable bonds is 3. The van der Waals surface area contributed by atoms with Crippen molar-refractivity contribution in [3.63, 3.8) is 0 Å². The molecule has 0 saturated carbocycles. The lowest BCUT2D eigenvalue weighted by Crippen LogP contribution is -2.14. The number of aromatic nitrogens is 3. The summed E-state index contributed by atoms with van der Waals surface area (Å²) in [5, 5.41) is 8.27. The first-order valence-corrected chi connectivity index (χ1v) is 7.96. The van der Waals surface area contributed by atoms with Crippen LogP contribution < -0.4 is 5.32 Å². The van der Waals surface area contributed by atoms with Gasteiger partial charge >= 0.3 is 0 Å². The van der Waals surface area contributed by atoms with E-state index in [0.29, 0.717) is 22.0 Å². The molecule has 0 bridgehead atoms. The number of hydrogen-bond donors (Lipinski definition) is 1. The van der Waals surface area contributed by atoms with Gasteiger partial charge in [0.2, 0.25) is 0 Å². The van der Waals surface area contributed by atoms with E-state index in [1.807, 2.05) is 37.3 Å². The minimum Gasteiger partial charge on any atom is -0.449 e. The van der Waals surface area contributed by atoms with Gasteiger partial charge in [0, 0.05) is 10.9 Å². The Kier molecular flexibility index (Phi) is 3.74. The zero-order valence-corrected chi connectivity index (χ0v) is 14.0. The van der Waals surface area contributed by atoms with Gasteiger partial charge in [0.05, 0.1) is 16.4 Å². The molecule has 0 atom stereocenters. The van der Waals surface area contributed by atoms with E-state index in [4.69, 9.17) is 16.0 Å². The molecule has 4 aromatic rings. The first-order valence-electron chi connectivity index (χ1n) is 7.58. The van der Waals surface area contributed by atoms with Gasteiger partial charge in [-0.1, -0.05) is 35.9 Å². The molecule has 2 aromatic carbocycles. The maximum absolute atomic E-state index is 12.7. The summed E-state index contributed by atoms with van der Waals surface area (Å²) in [5.41, 5.74) is 2.56. The van der Waals surface area contributed by atoms with Crippen molar-refractivity contribution in [2.75, 3.05) is 5.32 Å². The predicted molar refractivity (Wildman–Crippen MR) is 95.3 cm³/mol. The summed E-state index contributed by atoms with van der Waals surface area (Å²) in [4.78, 5) is 16.7. The van der Waals surface area contributed by atoms with E-state index in [0.717, 1.165) is 10.9 Å². The summed E-state index contributed by atoms with van der Waals surface area (Å²) >= 11 is 6.16. The van der Waals surface area contributed by atoms with Crippen LogP contribution in [0.15, 0.2) is 59.5 Å². The molecule has 0 aliphatic carbocycles. The number of furan rings is 1. The second-order valence-corrected chi connectivity index (χ2v) is 5.89. The number of nitrogens with one attached hydrogen (secondary N) is 1. The topological polar surface area (TPSA) is 73.0 Å². The van der Waals surface area contributed by atoms with Crippen LogP contribution in [-0.2, 0) is 0 Å². The Morgan fingerprint density at radius 1 is 1.20 bits per heavy atom. The maximum Gasteiger partial charge on any atom is 0.291 e. The summed E-state index contributed by atoms with van der Waals surface area (Å²) in [5.74, 6) is -0.117. The minimum atomic E-state index is -0.350. The van der Waals surface area contributed by atoms with Crippen molar-refractivity contribution < 1.29 is 9.21 Å². The van der Waals surface area contributed by atoms with Crippen molar-refractivity contribution in [1.82, 2.24) is 14.8 Å². The van der Waals surface area contributed by atoms with Crippen LogP contribution in [0.1, 0.15) is 16.1 Å². The molecule has 0 radical (unpaired) electrons. The third-order valence-corrected chi connectivity index (χ3v) is 4.24. The molecular weight excluding hydrogens is 340 g/mol. The standard InChI is InChI=1S/C18H13ClN4O2/c1-11-12-5-4-6-13(19)17(12)25-16(11)18(24)22-14-7-2-3-8-15(14)23-10-20-9-21-23/h2-10H,1H3,(H,22,24). The summed E-state index contributed by atoms with van der Waals surface area (Å²) in [6.07, 6.45) is 3.00. The van der Waals surface area contributed by atoms with Gasteiger partial charge in [0.15, 0.2) is 11.3 Å². The van der Waals surface area contributed by atoms with Crippen molar-refractivity contribution in [2.24, 2.45) is 0 Å². The Morgan fingerprint density at radius 3 is 2.80 bits per heavy atom. The molecule has 1 N–H and O–H groups in total. The molecule has 6 nitrogen and oxygen atoms in total. The van der Waals surface area contributed by atoms with Gasteiger partial charge in [-0.2, -0.15) is 5.10 Å². The number of benzene rings is 2. The molecule has 25 heavy (non-hydrogen) atoms. The fraction of sp³-hybridized carbons (Fsp3) is 0.0556. The number of carbonyl (C=O) groups excluding carboxylic acids is 1. The average molecular weight is 353 g/mol. The molecule has 0 aliphatic heterocycles. The lowest BCUT2D eigenvalue weighted by atomic mass is 10.1. The third kappa shape index (κ3) is 2.66.